The SMILES string of the molecule is COc1cc(OC)c(-c2cc(-c3cccc(C)c3)c3c4c(sc3n2)CCCC4)cc1Cl.[Cl-]. The number of benzene rings is 2. The molecule has 32 heavy (non-hydrogen) atoms. The lowest BCUT2D eigenvalue weighted by Crippen LogP contribution is -3.00. The zero-order valence-electron chi connectivity index (χ0n) is 18.3. The Balaban J connectivity index is 0.00000245. The Bertz CT molecular complexity index is 1300. The molecular formula is C26H24Cl2NO2S-. The molecule has 0 amide bonds. The molecule has 5 rings (SSSR count). The summed E-state index contributed by atoms with van der Waals surface area (Å²) in [4.78, 5) is 7.68. The number of hydrogen-bond acceptors (Lipinski definition) is 4. The number of ether oxygens (including phenoxy) is 2. The number of hydrogen-bond donors (Lipinski definition) is 0. The third kappa shape index (κ3) is 3.96. The Hall–Kier alpha value is -2.27. The minimum absolute atomic E-state index is 0. The molecule has 0 radical (unpaired) electrons. The van der Waals surface area contributed by atoms with Crippen LogP contribution in [0.4, 0.5) is 0 Å². The van der Waals surface area contributed by atoms with Gasteiger partial charge in [0.1, 0.15) is 16.3 Å². The first-order valence-electron chi connectivity index (χ1n) is 10.5. The highest BCUT2D eigenvalue weighted by atomic mass is 35.5. The summed E-state index contributed by atoms with van der Waals surface area (Å²) in [7, 11) is 3.27. The Morgan fingerprint density at radius 1 is 0.938 bits per heavy atom. The molecule has 0 saturated carbocycles. The van der Waals surface area contributed by atoms with Gasteiger partial charge < -0.3 is 21.9 Å². The van der Waals surface area contributed by atoms with Crippen LogP contribution in [0.3, 0.4) is 0 Å². The lowest BCUT2D eigenvalue weighted by molar-refractivity contribution is -0.00000666. The number of halogens is 2. The van der Waals surface area contributed by atoms with Crippen molar-refractivity contribution in [1.29, 1.82) is 0 Å². The summed E-state index contributed by atoms with van der Waals surface area (Å²) < 4.78 is 11.1. The predicted octanol–water partition coefficient (Wildman–Crippen LogP) is 4.49. The zero-order chi connectivity index (χ0) is 21.5. The average Bonchev–Trinajstić information content (AvgIpc) is 3.16. The van der Waals surface area contributed by atoms with Gasteiger partial charge in [0.2, 0.25) is 0 Å². The van der Waals surface area contributed by atoms with Crippen molar-refractivity contribution in [1.82, 2.24) is 4.98 Å². The van der Waals surface area contributed by atoms with Crippen LogP contribution >= 0.6 is 22.9 Å². The molecule has 0 unspecified atom stereocenters. The fourth-order valence-corrected chi connectivity index (χ4v) is 6.02. The highest BCUT2D eigenvalue weighted by molar-refractivity contribution is 7.19. The first-order valence-corrected chi connectivity index (χ1v) is 11.7. The quantitative estimate of drug-likeness (QED) is 0.427. The average molecular weight is 485 g/mol. The number of aromatic nitrogens is 1. The number of methoxy groups -OCH3 is 2. The van der Waals surface area contributed by atoms with Crippen molar-refractivity contribution in [2.24, 2.45) is 0 Å². The van der Waals surface area contributed by atoms with Crippen LogP contribution in [0.15, 0.2) is 42.5 Å². The van der Waals surface area contributed by atoms with E-state index in [-0.39, 0.29) is 12.4 Å². The summed E-state index contributed by atoms with van der Waals surface area (Å²) in [5.41, 5.74) is 6.93. The van der Waals surface area contributed by atoms with Gasteiger partial charge in [-0.2, -0.15) is 0 Å². The highest BCUT2D eigenvalue weighted by Gasteiger charge is 2.22. The van der Waals surface area contributed by atoms with Crippen molar-refractivity contribution in [3.63, 3.8) is 0 Å². The lowest BCUT2D eigenvalue weighted by atomic mass is 9.91. The van der Waals surface area contributed by atoms with Crippen LogP contribution in [-0.4, -0.2) is 19.2 Å². The molecule has 3 nitrogen and oxygen atoms in total. The van der Waals surface area contributed by atoms with Gasteiger partial charge >= 0.3 is 0 Å². The van der Waals surface area contributed by atoms with Gasteiger partial charge in [0, 0.05) is 21.9 Å². The summed E-state index contributed by atoms with van der Waals surface area (Å²) >= 11 is 8.32. The summed E-state index contributed by atoms with van der Waals surface area (Å²) in [5, 5.41) is 1.86. The summed E-state index contributed by atoms with van der Waals surface area (Å²) in [6.45, 7) is 2.14. The molecule has 4 aromatic rings. The minimum Gasteiger partial charge on any atom is -1.00 e. The molecule has 0 bridgehead atoms. The van der Waals surface area contributed by atoms with E-state index in [1.807, 2.05) is 23.5 Å². The Morgan fingerprint density at radius 3 is 2.47 bits per heavy atom. The van der Waals surface area contributed by atoms with Crippen LogP contribution in [0.5, 0.6) is 11.5 Å². The first kappa shape index (κ1) is 22.9. The highest BCUT2D eigenvalue weighted by Crippen LogP contribution is 2.44. The first-order chi connectivity index (χ1) is 15.1. The standard InChI is InChI=1S/C26H24ClNO2S.ClH/c1-15-7-6-8-16(11-15)18-13-21(19-12-20(27)23(30-3)14-22(19)29-2)28-26-25(18)17-9-4-5-10-24(17)31-26;/h6-8,11-14H,4-5,9-10H2,1-3H3;1H/p-1. The topological polar surface area (TPSA) is 31.4 Å². The summed E-state index contributed by atoms with van der Waals surface area (Å²) in [5.74, 6) is 1.29. The van der Waals surface area contributed by atoms with Crippen molar-refractivity contribution in [3.8, 4) is 33.9 Å². The molecule has 2 aromatic heterocycles. The van der Waals surface area contributed by atoms with Gasteiger partial charge in [-0.05, 0) is 61.4 Å². The van der Waals surface area contributed by atoms with E-state index in [2.05, 4.69) is 37.3 Å². The molecular weight excluding hydrogens is 461 g/mol. The van der Waals surface area contributed by atoms with E-state index in [9.17, 15) is 0 Å². The van der Waals surface area contributed by atoms with E-state index in [1.54, 1.807) is 14.2 Å². The van der Waals surface area contributed by atoms with E-state index in [1.165, 1.54) is 45.4 Å². The number of nitrogens with zero attached hydrogens (tertiary/aromatic N) is 1. The Labute approximate surface area is 203 Å². The van der Waals surface area contributed by atoms with Gasteiger partial charge in [0.25, 0.3) is 0 Å². The third-order valence-corrected chi connectivity index (χ3v) is 7.49. The van der Waals surface area contributed by atoms with E-state index in [0.29, 0.717) is 16.5 Å². The maximum atomic E-state index is 6.48. The van der Waals surface area contributed by atoms with Gasteiger partial charge in [-0.15, -0.1) is 11.3 Å². The third-order valence-electron chi connectivity index (χ3n) is 6.00. The van der Waals surface area contributed by atoms with Crippen molar-refractivity contribution in [2.45, 2.75) is 32.6 Å². The van der Waals surface area contributed by atoms with Crippen LogP contribution in [-0.2, 0) is 12.8 Å². The normalized spacial score (nSPS) is 12.9. The number of thiophene rings is 1. The van der Waals surface area contributed by atoms with Gasteiger partial charge in [-0.1, -0.05) is 41.4 Å². The van der Waals surface area contributed by atoms with Crippen LogP contribution in [0, 0.1) is 6.92 Å². The smallest absolute Gasteiger partial charge is 0.141 e. The molecule has 166 valence electrons. The van der Waals surface area contributed by atoms with Crippen molar-refractivity contribution in [2.75, 3.05) is 14.2 Å². The molecule has 2 heterocycles. The summed E-state index contributed by atoms with van der Waals surface area (Å²) in [6, 6.07) is 14.6. The van der Waals surface area contributed by atoms with Gasteiger partial charge in [-0.3, -0.25) is 0 Å². The van der Waals surface area contributed by atoms with Gasteiger partial charge in [0.15, 0.2) is 0 Å². The number of aryl methyl sites for hydroxylation is 3. The number of rotatable bonds is 4. The maximum Gasteiger partial charge on any atom is 0.141 e. The van der Waals surface area contributed by atoms with E-state index < -0.39 is 0 Å². The van der Waals surface area contributed by atoms with Crippen molar-refractivity contribution >= 4 is 33.2 Å². The molecule has 0 fully saturated rings. The number of fused-ring (bicyclic) bond motifs is 3. The molecule has 6 heteroatoms. The fourth-order valence-electron chi connectivity index (χ4n) is 4.50. The molecule has 0 spiro atoms. The van der Waals surface area contributed by atoms with Crippen molar-refractivity contribution in [3.05, 3.63) is 63.5 Å². The second-order valence-electron chi connectivity index (χ2n) is 8.00. The Morgan fingerprint density at radius 2 is 1.72 bits per heavy atom. The van der Waals surface area contributed by atoms with E-state index in [4.69, 9.17) is 26.1 Å². The molecule has 0 aliphatic heterocycles. The lowest BCUT2D eigenvalue weighted by Gasteiger charge is -2.15. The molecule has 1 aliphatic rings. The molecule has 1 aliphatic carbocycles. The maximum absolute atomic E-state index is 6.48. The van der Waals surface area contributed by atoms with Crippen LogP contribution in [0.2, 0.25) is 5.02 Å². The zero-order valence-corrected chi connectivity index (χ0v) is 20.6. The van der Waals surface area contributed by atoms with Crippen LogP contribution in [0.1, 0.15) is 28.8 Å². The van der Waals surface area contributed by atoms with Gasteiger partial charge in [0.05, 0.1) is 24.9 Å². The summed E-state index contributed by atoms with van der Waals surface area (Å²) in [6.07, 6.45) is 4.79. The van der Waals surface area contributed by atoms with Gasteiger partial charge in [-0.25, -0.2) is 4.98 Å². The number of pyridine rings is 1. The van der Waals surface area contributed by atoms with E-state index >= 15 is 0 Å². The monoisotopic (exact) mass is 484 g/mol. The van der Waals surface area contributed by atoms with Crippen molar-refractivity contribution < 1.29 is 21.9 Å². The molecule has 2 aromatic carbocycles. The minimum atomic E-state index is 0. The second-order valence-corrected chi connectivity index (χ2v) is 9.49. The van der Waals surface area contributed by atoms with Crippen LogP contribution < -0.4 is 21.9 Å². The van der Waals surface area contributed by atoms with Crippen LogP contribution in [0.25, 0.3) is 32.6 Å². The largest absolute Gasteiger partial charge is 1.00 e. The second kappa shape index (κ2) is 9.30. The fraction of sp³-hybridized carbons (Fsp3) is 0.269. The van der Waals surface area contributed by atoms with E-state index in [0.717, 1.165) is 28.9 Å². The molecule has 0 saturated heterocycles. The predicted molar refractivity (Wildman–Crippen MR) is 130 cm³/mol. The Kier molecular flexibility index (Phi) is 6.66. The molecule has 0 N–H and O–H groups in total. The molecule has 0 atom stereocenters.